The number of aromatic nitrogens is 2. The maximum Gasteiger partial charge on any atom is 0.226 e. The van der Waals surface area contributed by atoms with Crippen molar-refractivity contribution in [3.63, 3.8) is 0 Å². The van der Waals surface area contributed by atoms with E-state index in [-0.39, 0.29) is 11.6 Å². The maximum absolute atomic E-state index is 13.7. The summed E-state index contributed by atoms with van der Waals surface area (Å²) in [5.41, 5.74) is 0. The molecule has 1 aromatic carbocycles. The summed E-state index contributed by atoms with van der Waals surface area (Å²) in [6.07, 6.45) is 5.27. The van der Waals surface area contributed by atoms with E-state index >= 15 is 0 Å². The molecule has 0 bridgehead atoms. The molecule has 0 spiro atoms. The number of anilines is 1. The number of hydrogen-bond donors (Lipinski definition) is 0. The molecule has 2 aliphatic rings. The second kappa shape index (κ2) is 8.61. The Hall–Kier alpha value is -1.93. The maximum atomic E-state index is 13.7. The highest BCUT2D eigenvalue weighted by Crippen LogP contribution is 2.28. The summed E-state index contributed by atoms with van der Waals surface area (Å²) in [7, 11) is 0. The predicted molar refractivity (Wildman–Crippen MR) is 106 cm³/mol. The number of thioether (sulfide) groups is 1. The number of rotatable bonds is 5. The SMILES string of the molecule is CSc1nc(N2CCN3CC(COc4ccc(F)cc4)CC[C@H]3C2)ncc1F. The zero-order chi connectivity index (χ0) is 19.5. The van der Waals surface area contributed by atoms with Gasteiger partial charge in [0.25, 0.3) is 0 Å². The highest BCUT2D eigenvalue weighted by Gasteiger charge is 2.34. The summed E-state index contributed by atoms with van der Waals surface area (Å²) in [6, 6.07) is 6.65. The molecule has 0 amide bonds. The average molecular weight is 407 g/mol. The first-order valence-electron chi connectivity index (χ1n) is 9.56. The van der Waals surface area contributed by atoms with E-state index in [9.17, 15) is 8.78 Å². The van der Waals surface area contributed by atoms with Gasteiger partial charge in [-0.05, 0) is 43.4 Å². The molecule has 1 unspecified atom stereocenters. The number of benzene rings is 1. The summed E-state index contributed by atoms with van der Waals surface area (Å²) in [5, 5.41) is 0.397. The minimum absolute atomic E-state index is 0.250. The van der Waals surface area contributed by atoms with E-state index in [2.05, 4.69) is 19.8 Å². The molecule has 2 aliphatic heterocycles. The lowest BCUT2D eigenvalue weighted by molar-refractivity contribution is 0.0725. The van der Waals surface area contributed by atoms with Crippen LogP contribution in [-0.2, 0) is 0 Å². The zero-order valence-electron chi connectivity index (χ0n) is 15.9. The van der Waals surface area contributed by atoms with Crippen LogP contribution in [0.1, 0.15) is 12.8 Å². The molecule has 3 heterocycles. The molecule has 0 N–H and O–H groups in total. The van der Waals surface area contributed by atoms with Gasteiger partial charge in [0, 0.05) is 38.1 Å². The summed E-state index contributed by atoms with van der Waals surface area (Å²) in [6.45, 7) is 4.29. The third kappa shape index (κ3) is 4.38. The van der Waals surface area contributed by atoms with Crippen molar-refractivity contribution in [1.82, 2.24) is 14.9 Å². The van der Waals surface area contributed by atoms with E-state index < -0.39 is 0 Å². The topological polar surface area (TPSA) is 41.5 Å². The summed E-state index contributed by atoms with van der Waals surface area (Å²) >= 11 is 1.30. The van der Waals surface area contributed by atoms with Crippen LogP contribution in [0.4, 0.5) is 14.7 Å². The van der Waals surface area contributed by atoms with Gasteiger partial charge in [0.05, 0.1) is 12.8 Å². The van der Waals surface area contributed by atoms with Gasteiger partial charge in [-0.25, -0.2) is 18.7 Å². The van der Waals surface area contributed by atoms with Crippen LogP contribution in [-0.4, -0.2) is 60.0 Å². The van der Waals surface area contributed by atoms with Crippen molar-refractivity contribution in [1.29, 1.82) is 0 Å². The van der Waals surface area contributed by atoms with Gasteiger partial charge in [0.2, 0.25) is 5.95 Å². The van der Waals surface area contributed by atoms with Gasteiger partial charge in [0.1, 0.15) is 16.6 Å². The average Bonchev–Trinajstić information content (AvgIpc) is 2.73. The van der Waals surface area contributed by atoms with Gasteiger partial charge in [-0.3, -0.25) is 4.90 Å². The van der Waals surface area contributed by atoms with Crippen LogP contribution >= 0.6 is 11.8 Å². The Balaban J connectivity index is 1.31. The number of piperazine rings is 1. The summed E-state index contributed by atoms with van der Waals surface area (Å²) in [4.78, 5) is 13.2. The number of halogens is 2. The highest BCUT2D eigenvalue weighted by molar-refractivity contribution is 7.98. The van der Waals surface area contributed by atoms with Gasteiger partial charge in [0.15, 0.2) is 5.82 Å². The van der Waals surface area contributed by atoms with E-state index in [0.717, 1.165) is 39.0 Å². The smallest absolute Gasteiger partial charge is 0.226 e. The molecule has 2 saturated heterocycles. The Kier molecular flexibility index (Phi) is 5.96. The van der Waals surface area contributed by atoms with Crippen LogP contribution < -0.4 is 9.64 Å². The largest absolute Gasteiger partial charge is 0.493 e. The van der Waals surface area contributed by atoms with Crippen LogP contribution in [0, 0.1) is 17.6 Å². The minimum atomic E-state index is -0.364. The van der Waals surface area contributed by atoms with Crippen molar-refractivity contribution in [2.75, 3.05) is 43.9 Å². The lowest BCUT2D eigenvalue weighted by atomic mass is 9.91. The van der Waals surface area contributed by atoms with Gasteiger partial charge < -0.3 is 9.64 Å². The van der Waals surface area contributed by atoms with E-state index in [0.29, 0.717) is 35.3 Å². The van der Waals surface area contributed by atoms with Crippen molar-refractivity contribution < 1.29 is 13.5 Å². The van der Waals surface area contributed by atoms with Crippen molar-refractivity contribution in [3.05, 3.63) is 42.1 Å². The zero-order valence-corrected chi connectivity index (χ0v) is 16.7. The highest BCUT2D eigenvalue weighted by atomic mass is 32.2. The molecule has 2 aromatic rings. The number of fused-ring (bicyclic) bond motifs is 1. The van der Waals surface area contributed by atoms with Gasteiger partial charge in [-0.2, -0.15) is 0 Å². The quantitative estimate of drug-likeness (QED) is 0.560. The summed E-state index contributed by atoms with van der Waals surface area (Å²) < 4.78 is 32.5. The molecule has 0 radical (unpaired) electrons. The molecular formula is C20H24F2N4OS. The molecule has 150 valence electrons. The van der Waals surface area contributed by atoms with Gasteiger partial charge in [-0.15, -0.1) is 11.8 Å². The fourth-order valence-corrected chi connectivity index (χ4v) is 4.38. The summed E-state index contributed by atoms with van der Waals surface area (Å²) in [5.74, 6) is 1.19. The standard InChI is InChI=1S/C20H24F2N4OS/c1-28-19-18(22)10-23-20(24-19)26-9-8-25-11-14(2-5-16(25)12-26)13-27-17-6-3-15(21)4-7-17/h3-4,6-7,10,14,16H,2,5,8-9,11-13H2,1H3/t14?,16-/m0/s1. The molecule has 8 heteroatoms. The number of hydrogen-bond acceptors (Lipinski definition) is 6. The number of piperidine rings is 1. The molecule has 1 aromatic heterocycles. The molecule has 2 fully saturated rings. The minimum Gasteiger partial charge on any atom is -0.493 e. The van der Waals surface area contributed by atoms with Crippen molar-refractivity contribution in [2.24, 2.45) is 5.92 Å². The number of nitrogens with zero attached hydrogens (tertiary/aromatic N) is 4. The lowest BCUT2D eigenvalue weighted by Crippen LogP contribution is -2.57. The second-order valence-corrected chi connectivity index (χ2v) is 8.13. The molecule has 0 aliphatic carbocycles. The normalized spacial score (nSPS) is 22.8. The fourth-order valence-electron chi connectivity index (χ4n) is 3.96. The molecule has 4 rings (SSSR count). The number of ether oxygens (including phenoxy) is 1. The first-order valence-corrected chi connectivity index (χ1v) is 10.8. The van der Waals surface area contributed by atoms with Crippen LogP contribution in [0.15, 0.2) is 35.5 Å². The second-order valence-electron chi connectivity index (χ2n) is 7.33. The fraction of sp³-hybridized carbons (Fsp3) is 0.500. The van der Waals surface area contributed by atoms with E-state index in [1.165, 1.54) is 30.1 Å². The Labute approximate surface area is 168 Å². The molecule has 5 nitrogen and oxygen atoms in total. The van der Waals surface area contributed by atoms with Gasteiger partial charge in [-0.1, -0.05) is 0 Å². The van der Waals surface area contributed by atoms with Crippen molar-refractivity contribution in [2.45, 2.75) is 23.9 Å². The first-order chi connectivity index (χ1) is 13.6. The third-order valence-electron chi connectivity index (χ3n) is 5.48. The first kappa shape index (κ1) is 19.4. The van der Waals surface area contributed by atoms with Crippen molar-refractivity contribution in [3.8, 4) is 5.75 Å². The van der Waals surface area contributed by atoms with Gasteiger partial charge >= 0.3 is 0 Å². The molecule has 2 atom stereocenters. The molecule has 28 heavy (non-hydrogen) atoms. The van der Waals surface area contributed by atoms with Crippen molar-refractivity contribution >= 4 is 17.7 Å². The van der Waals surface area contributed by atoms with E-state index in [1.807, 2.05) is 6.26 Å². The van der Waals surface area contributed by atoms with E-state index in [4.69, 9.17) is 4.74 Å². The van der Waals surface area contributed by atoms with Crippen LogP contribution in [0.3, 0.4) is 0 Å². The Morgan fingerprint density at radius 2 is 1.96 bits per heavy atom. The Bertz CT molecular complexity index is 807. The lowest BCUT2D eigenvalue weighted by Gasteiger charge is -2.46. The van der Waals surface area contributed by atoms with Crippen LogP contribution in [0.5, 0.6) is 5.75 Å². The third-order valence-corrected chi connectivity index (χ3v) is 6.15. The van der Waals surface area contributed by atoms with Crippen LogP contribution in [0.2, 0.25) is 0 Å². The van der Waals surface area contributed by atoms with E-state index in [1.54, 1.807) is 12.1 Å². The monoisotopic (exact) mass is 406 g/mol. The predicted octanol–water partition coefficient (Wildman–Crippen LogP) is 3.46. The Morgan fingerprint density at radius 1 is 1.14 bits per heavy atom. The molecular weight excluding hydrogens is 382 g/mol. The Morgan fingerprint density at radius 3 is 2.75 bits per heavy atom. The molecule has 0 saturated carbocycles. The van der Waals surface area contributed by atoms with Crippen LogP contribution in [0.25, 0.3) is 0 Å².